The summed E-state index contributed by atoms with van der Waals surface area (Å²) in [7, 11) is 1.65. The first kappa shape index (κ1) is 17.3. The van der Waals surface area contributed by atoms with E-state index < -0.39 is 0 Å². The molecule has 2 heterocycles. The zero-order chi connectivity index (χ0) is 19.8. The van der Waals surface area contributed by atoms with Gasteiger partial charge in [0, 0.05) is 11.1 Å². The second-order valence-corrected chi connectivity index (χ2v) is 6.91. The fourth-order valence-electron chi connectivity index (χ4n) is 3.77. The number of benzene rings is 3. The molecule has 0 saturated heterocycles. The number of rotatable bonds is 3. The maximum absolute atomic E-state index is 6.01. The van der Waals surface area contributed by atoms with Gasteiger partial charge in [0.1, 0.15) is 12.1 Å². The molecular formula is C25H20N2O2. The van der Waals surface area contributed by atoms with Crippen LogP contribution in [0.5, 0.6) is 11.5 Å². The molecule has 1 aromatic heterocycles. The van der Waals surface area contributed by atoms with Crippen LogP contribution < -0.4 is 9.47 Å². The summed E-state index contributed by atoms with van der Waals surface area (Å²) in [6.07, 6.45) is 1.76. The summed E-state index contributed by atoms with van der Waals surface area (Å²) in [4.78, 5) is 5.11. The number of ether oxygens (including phenoxy) is 2. The van der Waals surface area contributed by atoms with Gasteiger partial charge in [0.15, 0.2) is 11.5 Å². The Hall–Kier alpha value is -3.79. The molecule has 142 valence electrons. The quantitative estimate of drug-likeness (QED) is 0.431. The summed E-state index contributed by atoms with van der Waals surface area (Å²) >= 11 is 0. The van der Waals surface area contributed by atoms with E-state index >= 15 is 0 Å². The first-order valence-corrected chi connectivity index (χ1v) is 9.52. The number of nitrogens with zero attached hydrogens (tertiary/aromatic N) is 2. The van der Waals surface area contributed by atoms with Gasteiger partial charge >= 0.3 is 0 Å². The zero-order valence-corrected chi connectivity index (χ0v) is 16.3. The molecule has 0 aliphatic carbocycles. The summed E-state index contributed by atoms with van der Waals surface area (Å²) in [5.74, 6) is 2.20. The van der Waals surface area contributed by atoms with E-state index in [9.17, 15) is 0 Å². The number of allylic oxidation sites excluding steroid dienone is 1. The molecule has 1 aliphatic heterocycles. The molecule has 4 heteroatoms. The Morgan fingerprint density at radius 1 is 0.828 bits per heavy atom. The van der Waals surface area contributed by atoms with Gasteiger partial charge in [-0.3, -0.25) is 4.57 Å². The molecule has 0 saturated carbocycles. The van der Waals surface area contributed by atoms with Gasteiger partial charge in [-0.05, 0) is 19.1 Å². The Balaban J connectivity index is 1.88. The van der Waals surface area contributed by atoms with Gasteiger partial charge in [-0.25, -0.2) is 4.98 Å². The molecular weight excluding hydrogens is 360 g/mol. The zero-order valence-electron chi connectivity index (χ0n) is 16.3. The Bertz CT molecular complexity index is 1210. The van der Waals surface area contributed by atoms with Gasteiger partial charge < -0.3 is 9.47 Å². The molecule has 0 bridgehead atoms. The van der Waals surface area contributed by atoms with E-state index in [4.69, 9.17) is 14.5 Å². The fraction of sp³-hybridized carbons (Fsp3) is 0.0800. The van der Waals surface area contributed by atoms with Crippen molar-refractivity contribution in [2.45, 2.75) is 6.92 Å². The number of hydrogen-bond acceptors (Lipinski definition) is 3. The van der Waals surface area contributed by atoms with Gasteiger partial charge in [-0.1, -0.05) is 66.7 Å². The normalized spacial score (nSPS) is 12.3. The van der Waals surface area contributed by atoms with Crippen LogP contribution in [0.1, 0.15) is 6.92 Å². The largest absolute Gasteiger partial charge is 0.493 e. The Labute approximate surface area is 169 Å². The molecule has 0 atom stereocenters. The molecule has 4 nitrogen and oxygen atoms in total. The standard InChI is InChI=1S/C25H20N2O2/c1-17-16-29-24-20(14-9-15-21(24)28-2)25-26-22(18-10-5-3-6-11-18)23(27(17)25)19-12-7-4-8-13-19/h3-16H,1-2H3. The molecule has 5 rings (SSSR count). The molecule has 0 amide bonds. The van der Waals surface area contributed by atoms with Crippen molar-refractivity contribution in [1.82, 2.24) is 9.55 Å². The second kappa shape index (κ2) is 6.99. The molecule has 0 fully saturated rings. The van der Waals surface area contributed by atoms with Crippen molar-refractivity contribution in [3.8, 4) is 45.4 Å². The summed E-state index contributed by atoms with van der Waals surface area (Å²) in [5, 5.41) is 0. The highest BCUT2D eigenvalue weighted by molar-refractivity contribution is 5.87. The molecule has 4 aromatic rings. The summed E-state index contributed by atoms with van der Waals surface area (Å²) in [6, 6.07) is 26.5. The molecule has 0 radical (unpaired) electrons. The van der Waals surface area contributed by atoms with Crippen LogP contribution in [-0.2, 0) is 0 Å². The van der Waals surface area contributed by atoms with E-state index in [-0.39, 0.29) is 0 Å². The highest BCUT2D eigenvalue weighted by Crippen LogP contribution is 2.45. The molecule has 0 unspecified atom stereocenters. The average molecular weight is 380 g/mol. The number of hydrogen-bond donors (Lipinski definition) is 0. The van der Waals surface area contributed by atoms with Crippen molar-refractivity contribution in [2.75, 3.05) is 7.11 Å². The van der Waals surface area contributed by atoms with Gasteiger partial charge in [0.25, 0.3) is 0 Å². The van der Waals surface area contributed by atoms with Crippen LogP contribution in [0.25, 0.3) is 39.6 Å². The van der Waals surface area contributed by atoms with Crippen molar-refractivity contribution in [3.63, 3.8) is 0 Å². The fourth-order valence-corrected chi connectivity index (χ4v) is 3.77. The number of methoxy groups -OCH3 is 1. The highest BCUT2D eigenvalue weighted by atomic mass is 16.5. The van der Waals surface area contributed by atoms with E-state index in [1.807, 2.05) is 61.5 Å². The maximum Gasteiger partial charge on any atom is 0.179 e. The number of para-hydroxylation sites is 1. The van der Waals surface area contributed by atoms with E-state index in [1.165, 1.54) is 0 Å². The lowest BCUT2D eigenvalue weighted by Crippen LogP contribution is -1.99. The summed E-state index contributed by atoms with van der Waals surface area (Å²) in [5.41, 5.74) is 6.01. The first-order valence-electron chi connectivity index (χ1n) is 9.52. The van der Waals surface area contributed by atoms with Crippen LogP contribution >= 0.6 is 0 Å². The van der Waals surface area contributed by atoms with Crippen LogP contribution in [0.3, 0.4) is 0 Å². The topological polar surface area (TPSA) is 36.3 Å². The van der Waals surface area contributed by atoms with Crippen molar-refractivity contribution < 1.29 is 9.47 Å². The number of fused-ring (bicyclic) bond motifs is 3. The summed E-state index contributed by atoms with van der Waals surface area (Å²) in [6.45, 7) is 2.03. The van der Waals surface area contributed by atoms with Crippen molar-refractivity contribution in [3.05, 3.63) is 85.1 Å². The predicted octanol–water partition coefficient (Wildman–Crippen LogP) is 6.10. The average Bonchev–Trinajstić information content (AvgIpc) is 3.13. The highest BCUT2D eigenvalue weighted by Gasteiger charge is 2.27. The van der Waals surface area contributed by atoms with Gasteiger partial charge in [-0.15, -0.1) is 0 Å². The van der Waals surface area contributed by atoms with Gasteiger partial charge in [0.05, 0.1) is 29.8 Å². The Morgan fingerprint density at radius 2 is 1.52 bits per heavy atom. The minimum atomic E-state index is 0.678. The first-order chi connectivity index (χ1) is 14.3. The van der Waals surface area contributed by atoms with Gasteiger partial charge in [0.2, 0.25) is 0 Å². The summed E-state index contributed by atoms with van der Waals surface area (Å²) < 4.78 is 13.7. The van der Waals surface area contributed by atoms with E-state index in [2.05, 4.69) is 28.8 Å². The third-order valence-electron chi connectivity index (χ3n) is 5.11. The molecule has 29 heavy (non-hydrogen) atoms. The van der Waals surface area contributed by atoms with Crippen molar-refractivity contribution >= 4 is 5.70 Å². The second-order valence-electron chi connectivity index (χ2n) is 6.91. The Morgan fingerprint density at radius 3 is 2.21 bits per heavy atom. The lowest BCUT2D eigenvalue weighted by atomic mass is 10.0. The number of aromatic nitrogens is 2. The van der Waals surface area contributed by atoms with Crippen LogP contribution in [0.15, 0.2) is 85.1 Å². The third kappa shape index (κ3) is 2.81. The number of imidazole rings is 1. The van der Waals surface area contributed by atoms with Crippen molar-refractivity contribution in [1.29, 1.82) is 0 Å². The van der Waals surface area contributed by atoms with E-state index in [0.717, 1.165) is 39.6 Å². The maximum atomic E-state index is 6.01. The molecule has 0 spiro atoms. The molecule has 1 aliphatic rings. The Kier molecular flexibility index (Phi) is 4.17. The minimum Gasteiger partial charge on any atom is -0.493 e. The smallest absolute Gasteiger partial charge is 0.179 e. The van der Waals surface area contributed by atoms with E-state index in [1.54, 1.807) is 13.4 Å². The lowest BCUT2D eigenvalue weighted by Gasteiger charge is -2.12. The minimum absolute atomic E-state index is 0.678. The van der Waals surface area contributed by atoms with Crippen molar-refractivity contribution in [2.24, 2.45) is 0 Å². The van der Waals surface area contributed by atoms with Crippen LogP contribution in [0.2, 0.25) is 0 Å². The van der Waals surface area contributed by atoms with Gasteiger partial charge in [-0.2, -0.15) is 0 Å². The SMILES string of the molecule is COc1cccc2c1OC=C(C)n1c-2nc(-c2ccccc2)c1-c1ccccc1. The van der Waals surface area contributed by atoms with E-state index in [0.29, 0.717) is 11.5 Å². The third-order valence-corrected chi connectivity index (χ3v) is 5.11. The molecule has 0 N–H and O–H groups in total. The molecule has 3 aromatic carbocycles. The lowest BCUT2D eigenvalue weighted by molar-refractivity contribution is 0.379. The van der Waals surface area contributed by atoms with Crippen LogP contribution in [0, 0.1) is 0 Å². The van der Waals surface area contributed by atoms with Crippen LogP contribution in [0.4, 0.5) is 0 Å². The van der Waals surface area contributed by atoms with Crippen LogP contribution in [-0.4, -0.2) is 16.7 Å². The monoisotopic (exact) mass is 380 g/mol. The predicted molar refractivity (Wildman–Crippen MR) is 116 cm³/mol.